The van der Waals surface area contributed by atoms with Crippen molar-refractivity contribution in [3.8, 4) is 10.6 Å². The number of aromatic nitrogens is 1. The van der Waals surface area contributed by atoms with Crippen LogP contribution in [0.2, 0.25) is 0 Å². The largest absolute Gasteiger partial charge is 0.481 e. The van der Waals surface area contributed by atoms with Gasteiger partial charge >= 0.3 is 5.97 Å². The van der Waals surface area contributed by atoms with Crippen LogP contribution in [0, 0.1) is 17.5 Å². The number of aliphatic carboxylic acids is 1. The van der Waals surface area contributed by atoms with Crippen molar-refractivity contribution in [2.75, 3.05) is 0 Å². The molecular formula is C12H8F3NO2S. The van der Waals surface area contributed by atoms with Gasteiger partial charge in [0.05, 0.1) is 12.1 Å². The van der Waals surface area contributed by atoms with Gasteiger partial charge in [-0.15, -0.1) is 11.3 Å². The van der Waals surface area contributed by atoms with Crippen LogP contribution in [-0.4, -0.2) is 16.1 Å². The minimum absolute atomic E-state index is 0.0938. The number of carbonyl (C=O) groups is 1. The van der Waals surface area contributed by atoms with Gasteiger partial charge in [0.15, 0.2) is 17.5 Å². The standard InChI is InChI=1S/C12H8F3NO2S/c13-8-3-2-7(10(14)11(8)15)12-16-6(5-19-12)1-4-9(17)18/h2-3,5H,1,4H2,(H,17,18). The van der Waals surface area contributed by atoms with Gasteiger partial charge < -0.3 is 5.11 Å². The third-order valence-electron chi connectivity index (χ3n) is 2.41. The second-order valence-electron chi connectivity index (χ2n) is 3.76. The van der Waals surface area contributed by atoms with Gasteiger partial charge in [-0.2, -0.15) is 0 Å². The maximum absolute atomic E-state index is 13.5. The van der Waals surface area contributed by atoms with Gasteiger partial charge in [-0.05, 0) is 12.1 Å². The van der Waals surface area contributed by atoms with Crippen molar-refractivity contribution in [3.63, 3.8) is 0 Å². The first-order chi connectivity index (χ1) is 8.99. The fraction of sp³-hybridized carbons (Fsp3) is 0.167. The molecule has 0 fully saturated rings. The summed E-state index contributed by atoms with van der Waals surface area (Å²) in [4.78, 5) is 14.4. The zero-order chi connectivity index (χ0) is 14.0. The van der Waals surface area contributed by atoms with Crippen LogP contribution in [0.25, 0.3) is 10.6 Å². The van der Waals surface area contributed by atoms with E-state index in [1.807, 2.05) is 0 Å². The molecule has 0 amide bonds. The third-order valence-corrected chi connectivity index (χ3v) is 3.34. The molecule has 0 unspecified atom stereocenters. The number of nitrogens with zero attached hydrogens (tertiary/aromatic N) is 1. The summed E-state index contributed by atoms with van der Waals surface area (Å²) >= 11 is 1.05. The van der Waals surface area contributed by atoms with Crippen molar-refractivity contribution < 1.29 is 23.1 Å². The second-order valence-corrected chi connectivity index (χ2v) is 4.62. The zero-order valence-corrected chi connectivity index (χ0v) is 10.3. The Morgan fingerprint density at radius 3 is 2.68 bits per heavy atom. The van der Waals surface area contributed by atoms with Crippen molar-refractivity contribution in [1.29, 1.82) is 0 Å². The van der Waals surface area contributed by atoms with E-state index < -0.39 is 23.4 Å². The van der Waals surface area contributed by atoms with Gasteiger partial charge in [-0.25, -0.2) is 18.2 Å². The number of hydrogen-bond donors (Lipinski definition) is 1. The third kappa shape index (κ3) is 2.93. The van der Waals surface area contributed by atoms with Crippen molar-refractivity contribution in [2.24, 2.45) is 0 Å². The zero-order valence-electron chi connectivity index (χ0n) is 9.49. The highest BCUT2D eigenvalue weighted by molar-refractivity contribution is 7.13. The Morgan fingerprint density at radius 1 is 1.26 bits per heavy atom. The Bertz CT molecular complexity index is 627. The summed E-state index contributed by atoms with van der Waals surface area (Å²) in [5.41, 5.74) is 0.344. The number of halogens is 3. The molecule has 2 aromatic rings. The van der Waals surface area contributed by atoms with E-state index in [2.05, 4.69) is 4.98 Å². The molecule has 19 heavy (non-hydrogen) atoms. The smallest absolute Gasteiger partial charge is 0.303 e. The number of carboxylic acids is 1. The molecule has 1 aromatic heterocycles. The minimum atomic E-state index is -1.54. The molecule has 0 saturated carbocycles. The summed E-state index contributed by atoms with van der Waals surface area (Å²) in [5, 5.41) is 10.3. The first-order valence-corrected chi connectivity index (χ1v) is 6.17. The second kappa shape index (κ2) is 5.40. The van der Waals surface area contributed by atoms with E-state index >= 15 is 0 Å². The van der Waals surface area contributed by atoms with E-state index in [0.717, 1.165) is 23.5 Å². The lowest BCUT2D eigenvalue weighted by molar-refractivity contribution is -0.136. The summed E-state index contributed by atoms with van der Waals surface area (Å²) in [6.45, 7) is 0. The van der Waals surface area contributed by atoms with Crippen LogP contribution >= 0.6 is 11.3 Å². The molecule has 0 aliphatic carbocycles. The molecule has 1 aromatic carbocycles. The molecule has 100 valence electrons. The molecule has 0 radical (unpaired) electrons. The molecule has 1 N–H and O–H groups in total. The van der Waals surface area contributed by atoms with E-state index in [1.165, 1.54) is 0 Å². The minimum Gasteiger partial charge on any atom is -0.481 e. The molecule has 7 heteroatoms. The van der Waals surface area contributed by atoms with Crippen LogP contribution in [0.15, 0.2) is 17.5 Å². The van der Waals surface area contributed by atoms with Crippen molar-refractivity contribution in [2.45, 2.75) is 12.8 Å². The lowest BCUT2D eigenvalue weighted by Gasteiger charge is -2.00. The van der Waals surface area contributed by atoms with Gasteiger partial charge in [0.1, 0.15) is 5.01 Å². The fourth-order valence-corrected chi connectivity index (χ4v) is 2.34. The molecular weight excluding hydrogens is 279 g/mol. The number of aryl methyl sites for hydroxylation is 1. The average molecular weight is 287 g/mol. The Balaban J connectivity index is 2.28. The Kier molecular flexibility index (Phi) is 3.84. The van der Waals surface area contributed by atoms with Crippen LogP contribution in [0.3, 0.4) is 0 Å². The number of hydrogen-bond acceptors (Lipinski definition) is 3. The maximum Gasteiger partial charge on any atom is 0.303 e. The van der Waals surface area contributed by atoms with Gasteiger partial charge in [0.25, 0.3) is 0 Å². The summed E-state index contributed by atoms with van der Waals surface area (Å²) in [7, 11) is 0. The van der Waals surface area contributed by atoms with E-state index in [0.29, 0.717) is 5.69 Å². The van der Waals surface area contributed by atoms with Crippen LogP contribution < -0.4 is 0 Å². The summed E-state index contributed by atoms with van der Waals surface area (Å²) in [5.74, 6) is -5.06. The monoisotopic (exact) mass is 287 g/mol. The van der Waals surface area contributed by atoms with Crippen LogP contribution in [0.1, 0.15) is 12.1 Å². The first kappa shape index (κ1) is 13.5. The quantitative estimate of drug-likeness (QED) is 0.878. The maximum atomic E-state index is 13.5. The van der Waals surface area contributed by atoms with Crippen molar-refractivity contribution in [3.05, 3.63) is 40.7 Å². The molecule has 0 atom stereocenters. The molecule has 1 heterocycles. The van der Waals surface area contributed by atoms with E-state index in [-0.39, 0.29) is 23.4 Å². The van der Waals surface area contributed by atoms with Crippen molar-refractivity contribution >= 4 is 17.3 Å². The molecule has 0 saturated heterocycles. The van der Waals surface area contributed by atoms with Gasteiger partial charge in [-0.3, -0.25) is 4.79 Å². The number of benzene rings is 1. The predicted octanol–water partition coefficient (Wildman–Crippen LogP) is 3.24. The Hall–Kier alpha value is -1.89. The molecule has 0 bridgehead atoms. The lowest BCUT2D eigenvalue weighted by Crippen LogP contribution is -1.98. The molecule has 0 aliphatic rings. The Morgan fingerprint density at radius 2 is 2.00 bits per heavy atom. The van der Waals surface area contributed by atoms with Crippen LogP contribution in [-0.2, 0) is 11.2 Å². The number of carboxylic acid groups (broad SMARTS) is 1. The van der Waals surface area contributed by atoms with Crippen molar-refractivity contribution in [1.82, 2.24) is 4.98 Å². The van der Waals surface area contributed by atoms with Gasteiger partial charge in [0, 0.05) is 17.4 Å². The van der Waals surface area contributed by atoms with Crippen LogP contribution in [0.4, 0.5) is 13.2 Å². The predicted molar refractivity (Wildman–Crippen MR) is 63.4 cm³/mol. The number of thiazole rings is 1. The lowest BCUT2D eigenvalue weighted by atomic mass is 10.2. The highest BCUT2D eigenvalue weighted by Gasteiger charge is 2.17. The summed E-state index contributed by atoms with van der Waals surface area (Å²) in [6, 6.07) is 1.93. The normalized spacial score (nSPS) is 10.7. The van der Waals surface area contributed by atoms with Crippen LogP contribution in [0.5, 0.6) is 0 Å². The van der Waals surface area contributed by atoms with E-state index in [1.54, 1.807) is 5.38 Å². The summed E-state index contributed by atoms with van der Waals surface area (Å²) in [6.07, 6.45) is 0.112. The average Bonchev–Trinajstić information content (AvgIpc) is 2.82. The summed E-state index contributed by atoms with van der Waals surface area (Å²) < 4.78 is 39.4. The highest BCUT2D eigenvalue weighted by atomic mass is 32.1. The molecule has 0 aliphatic heterocycles. The Labute approximate surface area is 110 Å². The van der Waals surface area contributed by atoms with E-state index in [9.17, 15) is 18.0 Å². The van der Waals surface area contributed by atoms with E-state index in [4.69, 9.17) is 5.11 Å². The van der Waals surface area contributed by atoms with Gasteiger partial charge in [-0.1, -0.05) is 0 Å². The SMILES string of the molecule is O=C(O)CCc1csc(-c2ccc(F)c(F)c2F)n1. The topological polar surface area (TPSA) is 50.2 Å². The molecule has 3 nitrogen and oxygen atoms in total. The molecule has 0 spiro atoms. The first-order valence-electron chi connectivity index (χ1n) is 5.29. The molecule has 2 rings (SSSR count). The number of rotatable bonds is 4. The van der Waals surface area contributed by atoms with Gasteiger partial charge in [0.2, 0.25) is 0 Å². The highest BCUT2D eigenvalue weighted by Crippen LogP contribution is 2.28. The fourth-order valence-electron chi connectivity index (χ4n) is 1.47.